The summed E-state index contributed by atoms with van der Waals surface area (Å²) in [6.07, 6.45) is 2.63. The van der Waals surface area contributed by atoms with E-state index < -0.39 is 15.9 Å². The fourth-order valence-corrected chi connectivity index (χ4v) is 6.35. The highest BCUT2D eigenvalue weighted by atomic mass is 32.2. The van der Waals surface area contributed by atoms with Crippen LogP contribution >= 0.6 is 0 Å². The van der Waals surface area contributed by atoms with Gasteiger partial charge in [0.15, 0.2) is 0 Å². The number of anilines is 1. The average Bonchev–Trinajstić information content (AvgIpc) is 3.16. The molecule has 0 saturated carbocycles. The van der Waals surface area contributed by atoms with Crippen molar-refractivity contribution in [1.82, 2.24) is 14.5 Å². The molecule has 9 heteroatoms. The number of amides is 2. The Balaban J connectivity index is 1.58. The average molecular weight is 479 g/mol. The monoisotopic (exact) mass is 478 g/mol. The SMILES string of the molecule is CCN(CC)S(=O)(=O)c1ccc(N2CC(C(=O)NC(C)CN3CCCC(C)C3)CC2=O)cc1. The van der Waals surface area contributed by atoms with Crippen LogP contribution in [0.15, 0.2) is 29.2 Å². The predicted octanol–water partition coefficient (Wildman–Crippen LogP) is 2.31. The molecule has 2 aliphatic rings. The molecule has 2 heterocycles. The van der Waals surface area contributed by atoms with Crippen LogP contribution in [-0.4, -0.2) is 74.7 Å². The number of benzene rings is 1. The Morgan fingerprint density at radius 1 is 1.18 bits per heavy atom. The summed E-state index contributed by atoms with van der Waals surface area (Å²) in [5.41, 5.74) is 0.615. The van der Waals surface area contributed by atoms with E-state index in [0.29, 0.717) is 31.2 Å². The first-order valence-corrected chi connectivity index (χ1v) is 13.5. The molecular formula is C24H38N4O4S. The molecule has 3 unspecified atom stereocenters. The summed E-state index contributed by atoms with van der Waals surface area (Å²) < 4.78 is 26.8. The largest absolute Gasteiger partial charge is 0.352 e. The van der Waals surface area contributed by atoms with Crippen molar-refractivity contribution in [3.8, 4) is 0 Å². The first-order chi connectivity index (χ1) is 15.6. The number of hydrogen-bond donors (Lipinski definition) is 1. The number of piperidine rings is 1. The predicted molar refractivity (Wildman–Crippen MR) is 129 cm³/mol. The Morgan fingerprint density at radius 2 is 1.85 bits per heavy atom. The van der Waals surface area contributed by atoms with E-state index >= 15 is 0 Å². The quantitative estimate of drug-likeness (QED) is 0.588. The van der Waals surface area contributed by atoms with Gasteiger partial charge in [-0.05, 0) is 56.5 Å². The van der Waals surface area contributed by atoms with Crippen LogP contribution < -0.4 is 10.2 Å². The Labute approximate surface area is 198 Å². The van der Waals surface area contributed by atoms with Gasteiger partial charge in [0.25, 0.3) is 0 Å². The molecule has 33 heavy (non-hydrogen) atoms. The van der Waals surface area contributed by atoms with Crippen molar-refractivity contribution in [2.75, 3.05) is 44.2 Å². The molecule has 0 aromatic heterocycles. The van der Waals surface area contributed by atoms with Gasteiger partial charge in [-0.1, -0.05) is 20.8 Å². The summed E-state index contributed by atoms with van der Waals surface area (Å²) in [5.74, 6) is 0.0755. The Hall–Kier alpha value is -1.97. The van der Waals surface area contributed by atoms with Crippen molar-refractivity contribution in [2.24, 2.45) is 11.8 Å². The molecule has 8 nitrogen and oxygen atoms in total. The second-order valence-corrected chi connectivity index (χ2v) is 11.3. The first kappa shape index (κ1) is 25.6. The van der Waals surface area contributed by atoms with Gasteiger partial charge in [-0.25, -0.2) is 8.42 Å². The second-order valence-electron chi connectivity index (χ2n) is 9.41. The zero-order valence-electron chi connectivity index (χ0n) is 20.3. The molecule has 2 fully saturated rings. The van der Waals surface area contributed by atoms with Crippen LogP contribution in [-0.2, 0) is 19.6 Å². The van der Waals surface area contributed by atoms with Crippen LogP contribution in [0.3, 0.4) is 0 Å². The van der Waals surface area contributed by atoms with Crippen LogP contribution in [0, 0.1) is 11.8 Å². The molecule has 3 atom stereocenters. The number of carbonyl (C=O) groups is 2. The van der Waals surface area contributed by atoms with Gasteiger partial charge in [0, 0.05) is 50.9 Å². The number of carbonyl (C=O) groups excluding carboxylic acids is 2. The first-order valence-electron chi connectivity index (χ1n) is 12.1. The maximum absolute atomic E-state index is 12.8. The van der Waals surface area contributed by atoms with Gasteiger partial charge in [-0.3, -0.25) is 9.59 Å². The maximum atomic E-state index is 12.8. The smallest absolute Gasteiger partial charge is 0.243 e. The molecule has 0 aliphatic carbocycles. The van der Waals surface area contributed by atoms with Gasteiger partial charge in [-0.15, -0.1) is 0 Å². The number of nitrogens with one attached hydrogen (secondary N) is 1. The third-order valence-corrected chi connectivity index (χ3v) is 8.71. The Bertz CT molecular complexity index is 930. The molecule has 184 valence electrons. The van der Waals surface area contributed by atoms with Crippen LogP contribution in [0.2, 0.25) is 0 Å². The highest BCUT2D eigenvalue weighted by Crippen LogP contribution is 2.27. The summed E-state index contributed by atoms with van der Waals surface area (Å²) in [4.78, 5) is 29.6. The van der Waals surface area contributed by atoms with Gasteiger partial charge < -0.3 is 15.1 Å². The van der Waals surface area contributed by atoms with E-state index in [1.165, 1.54) is 29.3 Å². The van der Waals surface area contributed by atoms with E-state index in [0.717, 1.165) is 19.6 Å². The van der Waals surface area contributed by atoms with Crippen LogP contribution in [0.25, 0.3) is 0 Å². The molecule has 0 radical (unpaired) electrons. The number of nitrogens with zero attached hydrogens (tertiary/aromatic N) is 3. The van der Waals surface area contributed by atoms with Crippen molar-refractivity contribution in [2.45, 2.75) is 57.9 Å². The zero-order chi connectivity index (χ0) is 24.2. The minimum absolute atomic E-state index is 0.0246. The molecule has 2 aliphatic heterocycles. The summed E-state index contributed by atoms with van der Waals surface area (Å²) in [6, 6.07) is 6.39. The molecule has 1 aromatic rings. The minimum Gasteiger partial charge on any atom is -0.352 e. The van der Waals surface area contributed by atoms with Crippen LogP contribution in [0.1, 0.15) is 47.0 Å². The van der Waals surface area contributed by atoms with E-state index in [1.54, 1.807) is 30.9 Å². The summed E-state index contributed by atoms with van der Waals surface area (Å²) in [6.45, 7) is 11.9. The Morgan fingerprint density at radius 3 is 2.45 bits per heavy atom. The zero-order valence-corrected chi connectivity index (χ0v) is 21.1. The molecule has 3 rings (SSSR count). The highest BCUT2D eigenvalue weighted by Gasteiger charge is 2.36. The number of sulfonamides is 1. The van der Waals surface area contributed by atoms with E-state index in [-0.39, 0.29) is 29.2 Å². The van der Waals surface area contributed by atoms with Crippen molar-refractivity contribution < 1.29 is 18.0 Å². The van der Waals surface area contributed by atoms with Crippen molar-refractivity contribution in [1.29, 1.82) is 0 Å². The number of likely N-dealkylation sites (tertiary alicyclic amines) is 1. The van der Waals surface area contributed by atoms with Crippen LogP contribution in [0.5, 0.6) is 0 Å². The minimum atomic E-state index is -3.55. The third-order valence-electron chi connectivity index (χ3n) is 6.65. The third kappa shape index (κ3) is 6.13. The van der Waals surface area contributed by atoms with Gasteiger partial charge in [0.1, 0.15) is 0 Å². The lowest BCUT2D eigenvalue weighted by molar-refractivity contribution is -0.127. The van der Waals surface area contributed by atoms with Gasteiger partial charge in [0.2, 0.25) is 21.8 Å². The lowest BCUT2D eigenvalue weighted by Gasteiger charge is -2.33. The lowest BCUT2D eigenvalue weighted by Crippen LogP contribution is -2.46. The fourth-order valence-electron chi connectivity index (χ4n) is 4.89. The lowest BCUT2D eigenvalue weighted by atomic mass is 10.00. The molecule has 1 aromatic carbocycles. The van der Waals surface area contributed by atoms with E-state index in [1.807, 2.05) is 6.92 Å². The normalized spacial score (nSPS) is 23.2. The fraction of sp³-hybridized carbons (Fsp3) is 0.667. The summed E-state index contributed by atoms with van der Waals surface area (Å²) >= 11 is 0. The number of hydrogen-bond acceptors (Lipinski definition) is 5. The van der Waals surface area contributed by atoms with Crippen molar-refractivity contribution in [3.63, 3.8) is 0 Å². The molecule has 2 amide bonds. The molecule has 0 spiro atoms. The molecule has 1 N–H and O–H groups in total. The van der Waals surface area contributed by atoms with Gasteiger partial charge in [0.05, 0.1) is 10.8 Å². The molecule has 2 saturated heterocycles. The highest BCUT2D eigenvalue weighted by molar-refractivity contribution is 7.89. The molecule has 0 bridgehead atoms. The molecular weight excluding hydrogens is 440 g/mol. The van der Waals surface area contributed by atoms with Crippen LogP contribution in [0.4, 0.5) is 5.69 Å². The summed E-state index contributed by atoms with van der Waals surface area (Å²) in [7, 11) is -3.55. The van der Waals surface area contributed by atoms with Crippen molar-refractivity contribution in [3.05, 3.63) is 24.3 Å². The number of rotatable bonds is 9. The van der Waals surface area contributed by atoms with Crippen molar-refractivity contribution >= 4 is 27.5 Å². The summed E-state index contributed by atoms with van der Waals surface area (Å²) in [5, 5.41) is 3.09. The van der Waals surface area contributed by atoms with E-state index in [2.05, 4.69) is 17.1 Å². The second kappa shape index (κ2) is 11.0. The van der Waals surface area contributed by atoms with Gasteiger partial charge in [-0.2, -0.15) is 4.31 Å². The topological polar surface area (TPSA) is 90.0 Å². The standard InChI is InChI=1S/C24H38N4O4S/c1-5-27(6-2)33(31,32)22-11-9-21(10-12-22)28-17-20(14-23(28)29)24(30)25-19(4)16-26-13-7-8-18(3)15-26/h9-12,18-20H,5-8,13-17H2,1-4H3,(H,25,30). The van der Waals surface area contributed by atoms with E-state index in [4.69, 9.17) is 0 Å². The van der Waals surface area contributed by atoms with Gasteiger partial charge >= 0.3 is 0 Å². The Kier molecular flexibility index (Phi) is 8.53. The van der Waals surface area contributed by atoms with E-state index in [9.17, 15) is 18.0 Å². The maximum Gasteiger partial charge on any atom is 0.243 e.